The Hall–Kier alpha value is -2.55. The van der Waals surface area contributed by atoms with Gasteiger partial charge in [-0.2, -0.15) is 5.10 Å². The van der Waals surface area contributed by atoms with E-state index in [1.165, 1.54) is 0 Å². The number of aromatic nitrogens is 2. The van der Waals surface area contributed by atoms with Gasteiger partial charge in [-0.15, -0.1) is 0 Å². The molecule has 24 heavy (non-hydrogen) atoms. The molecule has 2 aromatic rings. The van der Waals surface area contributed by atoms with E-state index in [0.29, 0.717) is 24.7 Å². The minimum atomic E-state index is -3.32. The third-order valence-electron chi connectivity index (χ3n) is 3.34. The summed E-state index contributed by atoms with van der Waals surface area (Å²) in [6.45, 7) is 1.02. The molecule has 0 amide bonds. The molecule has 0 saturated heterocycles. The van der Waals surface area contributed by atoms with Crippen LogP contribution in [0.1, 0.15) is 11.3 Å². The lowest BCUT2D eigenvalue weighted by atomic mass is 10.2. The predicted molar refractivity (Wildman–Crippen MR) is 95.2 cm³/mol. The van der Waals surface area contributed by atoms with E-state index in [2.05, 4.69) is 25.4 Å². The van der Waals surface area contributed by atoms with Crippen LogP contribution in [-0.2, 0) is 30.2 Å². The van der Waals surface area contributed by atoms with Crippen molar-refractivity contribution in [2.24, 2.45) is 12.0 Å². The van der Waals surface area contributed by atoms with Crippen molar-refractivity contribution in [3.05, 3.63) is 47.8 Å². The molecule has 8 nitrogen and oxygen atoms in total. The van der Waals surface area contributed by atoms with E-state index in [-0.39, 0.29) is 0 Å². The van der Waals surface area contributed by atoms with Crippen molar-refractivity contribution in [2.45, 2.75) is 13.1 Å². The van der Waals surface area contributed by atoms with E-state index < -0.39 is 10.0 Å². The summed E-state index contributed by atoms with van der Waals surface area (Å²) in [5.74, 6) is 0.616. The van der Waals surface area contributed by atoms with Crippen LogP contribution in [-0.4, -0.2) is 37.5 Å². The van der Waals surface area contributed by atoms with E-state index in [1.54, 1.807) is 30.1 Å². The highest BCUT2D eigenvalue weighted by Crippen LogP contribution is 2.15. The number of guanidine groups is 1. The van der Waals surface area contributed by atoms with Gasteiger partial charge in [0.05, 0.1) is 24.2 Å². The van der Waals surface area contributed by atoms with Gasteiger partial charge in [-0.1, -0.05) is 18.2 Å². The zero-order chi connectivity index (χ0) is 17.6. The highest BCUT2D eigenvalue weighted by Gasteiger charge is 2.08. The second-order valence-corrected chi connectivity index (χ2v) is 7.01. The number of hydrogen-bond donors (Lipinski definition) is 3. The number of rotatable bonds is 6. The maximum atomic E-state index is 11.4. The van der Waals surface area contributed by atoms with Gasteiger partial charge >= 0.3 is 0 Å². The lowest BCUT2D eigenvalue weighted by Crippen LogP contribution is -2.36. The van der Waals surface area contributed by atoms with Gasteiger partial charge in [0.25, 0.3) is 0 Å². The number of nitrogens with zero attached hydrogens (tertiary/aromatic N) is 3. The first kappa shape index (κ1) is 17.8. The third-order valence-corrected chi connectivity index (χ3v) is 3.93. The second kappa shape index (κ2) is 7.82. The Labute approximate surface area is 142 Å². The molecule has 0 aliphatic carbocycles. The molecule has 0 unspecified atom stereocenters. The van der Waals surface area contributed by atoms with Crippen molar-refractivity contribution in [1.29, 1.82) is 0 Å². The number of aliphatic imine (C=N–C) groups is 1. The molecule has 0 spiro atoms. The number of para-hydroxylation sites is 1. The summed E-state index contributed by atoms with van der Waals surface area (Å²) in [5, 5.41) is 10.5. The molecule has 3 N–H and O–H groups in total. The minimum Gasteiger partial charge on any atom is -0.352 e. The van der Waals surface area contributed by atoms with Crippen LogP contribution in [0, 0.1) is 0 Å². The third kappa shape index (κ3) is 5.27. The van der Waals surface area contributed by atoms with E-state index >= 15 is 0 Å². The molecule has 0 aliphatic heterocycles. The monoisotopic (exact) mass is 350 g/mol. The average Bonchev–Trinajstić information content (AvgIpc) is 2.93. The molecule has 2 rings (SSSR count). The number of benzene rings is 1. The van der Waals surface area contributed by atoms with Crippen molar-refractivity contribution >= 4 is 21.7 Å². The van der Waals surface area contributed by atoms with E-state index in [1.807, 2.05) is 25.2 Å². The van der Waals surface area contributed by atoms with Gasteiger partial charge in [0.2, 0.25) is 10.0 Å². The average molecular weight is 350 g/mol. The molecular weight excluding hydrogens is 328 g/mol. The highest BCUT2D eigenvalue weighted by molar-refractivity contribution is 7.92. The van der Waals surface area contributed by atoms with Crippen molar-refractivity contribution in [1.82, 2.24) is 20.4 Å². The molecule has 0 bridgehead atoms. The molecule has 1 aromatic carbocycles. The maximum absolute atomic E-state index is 11.4. The Balaban J connectivity index is 1.97. The molecule has 0 saturated carbocycles. The molecule has 130 valence electrons. The predicted octanol–water partition coefficient (Wildman–Crippen LogP) is 0.657. The Morgan fingerprint density at radius 3 is 2.54 bits per heavy atom. The Morgan fingerprint density at radius 1 is 1.21 bits per heavy atom. The van der Waals surface area contributed by atoms with Crippen molar-refractivity contribution in [3.8, 4) is 0 Å². The quantitative estimate of drug-likeness (QED) is 0.525. The molecule has 1 aromatic heterocycles. The fourth-order valence-electron chi connectivity index (χ4n) is 2.12. The topological polar surface area (TPSA) is 100 Å². The first-order chi connectivity index (χ1) is 11.4. The van der Waals surface area contributed by atoms with Crippen LogP contribution >= 0.6 is 0 Å². The smallest absolute Gasteiger partial charge is 0.229 e. The summed E-state index contributed by atoms with van der Waals surface area (Å²) in [7, 11) is 0.233. The zero-order valence-corrected chi connectivity index (χ0v) is 14.8. The Morgan fingerprint density at radius 2 is 1.92 bits per heavy atom. The van der Waals surface area contributed by atoms with Gasteiger partial charge in [-0.3, -0.25) is 14.4 Å². The molecule has 0 radical (unpaired) electrons. The lowest BCUT2D eigenvalue weighted by Gasteiger charge is -2.14. The molecular formula is C15H22N6O2S. The van der Waals surface area contributed by atoms with Crippen LogP contribution in [0.2, 0.25) is 0 Å². The summed E-state index contributed by atoms with van der Waals surface area (Å²) in [4.78, 5) is 4.16. The molecule has 1 heterocycles. The maximum Gasteiger partial charge on any atom is 0.229 e. The molecule has 9 heteroatoms. The van der Waals surface area contributed by atoms with Gasteiger partial charge < -0.3 is 10.6 Å². The number of nitrogens with one attached hydrogen (secondary N) is 3. The molecule has 0 fully saturated rings. The number of aryl methyl sites for hydroxylation is 1. The number of anilines is 1. The molecule has 0 atom stereocenters. The summed E-state index contributed by atoms with van der Waals surface area (Å²) < 4.78 is 27.2. The van der Waals surface area contributed by atoms with E-state index in [0.717, 1.165) is 17.5 Å². The van der Waals surface area contributed by atoms with Crippen LogP contribution in [0.25, 0.3) is 0 Å². The summed E-state index contributed by atoms with van der Waals surface area (Å²) >= 11 is 0. The van der Waals surface area contributed by atoms with Crippen LogP contribution in [0.15, 0.2) is 41.5 Å². The number of sulfonamides is 1. The standard InChI is InChI=1S/C15H22N6O2S/c1-16-15(18-11-13-8-9-19-21(13)2)17-10-12-6-4-5-7-14(12)20-24(3,22)23/h4-9,20H,10-11H2,1-3H3,(H2,16,17,18). The van der Waals surface area contributed by atoms with Crippen LogP contribution in [0.3, 0.4) is 0 Å². The van der Waals surface area contributed by atoms with E-state index in [4.69, 9.17) is 0 Å². The van der Waals surface area contributed by atoms with Gasteiger partial charge in [-0.25, -0.2) is 8.42 Å². The van der Waals surface area contributed by atoms with Gasteiger partial charge in [0.15, 0.2) is 5.96 Å². The van der Waals surface area contributed by atoms with E-state index in [9.17, 15) is 8.42 Å². The van der Waals surface area contributed by atoms with Crippen LogP contribution < -0.4 is 15.4 Å². The summed E-state index contributed by atoms with van der Waals surface area (Å²) in [6.07, 6.45) is 2.87. The van der Waals surface area contributed by atoms with Crippen molar-refractivity contribution in [3.63, 3.8) is 0 Å². The number of hydrogen-bond acceptors (Lipinski definition) is 4. The highest BCUT2D eigenvalue weighted by atomic mass is 32.2. The van der Waals surface area contributed by atoms with Crippen LogP contribution in [0.5, 0.6) is 0 Å². The zero-order valence-electron chi connectivity index (χ0n) is 13.9. The fourth-order valence-corrected chi connectivity index (χ4v) is 2.72. The fraction of sp³-hybridized carbons (Fsp3) is 0.333. The first-order valence-corrected chi connectivity index (χ1v) is 9.25. The first-order valence-electron chi connectivity index (χ1n) is 7.36. The second-order valence-electron chi connectivity index (χ2n) is 5.26. The van der Waals surface area contributed by atoms with Crippen molar-refractivity contribution < 1.29 is 8.42 Å². The normalized spacial score (nSPS) is 12.0. The minimum absolute atomic E-state index is 0.434. The largest absolute Gasteiger partial charge is 0.352 e. The lowest BCUT2D eigenvalue weighted by molar-refractivity contribution is 0.606. The van der Waals surface area contributed by atoms with Gasteiger partial charge in [0.1, 0.15) is 0 Å². The summed E-state index contributed by atoms with van der Waals surface area (Å²) in [6, 6.07) is 9.15. The van der Waals surface area contributed by atoms with Crippen LogP contribution in [0.4, 0.5) is 5.69 Å². The molecule has 0 aliphatic rings. The Kier molecular flexibility index (Phi) is 5.80. The Bertz CT molecular complexity index is 813. The van der Waals surface area contributed by atoms with Gasteiger partial charge in [0, 0.05) is 26.8 Å². The van der Waals surface area contributed by atoms with Crippen molar-refractivity contribution in [2.75, 3.05) is 18.0 Å². The van der Waals surface area contributed by atoms with Gasteiger partial charge in [-0.05, 0) is 17.7 Å². The summed E-state index contributed by atoms with van der Waals surface area (Å²) in [5.41, 5.74) is 2.40. The SMILES string of the molecule is CN=C(NCc1ccccc1NS(C)(=O)=O)NCc1ccnn1C.